The molecular weight excluding hydrogens is 567 g/mol. The van der Waals surface area contributed by atoms with Crippen molar-refractivity contribution in [2.45, 2.75) is 79.9 Å². The minimum atomic E-state index is -8.68. The van der Waals surface area contributed by atoms with Gasteiger partial charge in [0.15, 0.2) is 0 Å². The molecule has 1 N–H and O–H groups in total. The van der Waals surface area contributed by atoms with Crippen LogP contribution in [0.1, 0.15) is 31.4 Å². The second kappa shape index (κ2) is 9.03. The molecule has 37 heavy (non-hydrogen) atoms. The van der Waals surface area contributed by atoms with Crippen molar-refractivity contribution in [3.8, 4) is 0 Å². The van der Waals surface area contributed by atoms with Gasteiger partial charge in [-0.05, 0) is 24.5 Å². The number of aliphatic hydroxyl groups is 1. The number of benzene rings is 1. The molecule has 0 bridgehead atoms. The molecule has 0 amide bonds. The summed E-state index contributed by atoms with van der Waals surface area (Å²) in [7, 11) is 0. The van der Waals surface area contributed by atoms with E-state index >= 15 is 0 Å². The lowest BCUT2D eigenvalue weighted by atomic mass is 9.81. The molecule has 1 nitrogen and oxygen atoms in total. The lowest BCUT2D eigenvalue weighted by Crippen LogP contribution is -2.74. The Hall–Kier alpha value is -2.01. The minimum absolute atomic E-state index is 0.0794. The average molecular weight is 582 g/mol. The fourth-order valence-electron chi connectivity index (χ4n) is 3.19. The molecule has 0 aliphatic heterocycles. The van der Waals surface area contributed by atoms with Gasteiger partial charge in [-0.3, -0.25) is 0 Å². The highest BCUT2D eigenvalue weighted by Gasteiger charge is 2.95. The predicted octanol–water partition coefficient (Wildman–Crippen LogP) is 7.86. The molecule has 1 aromatic rings. The smallest absolute Gasteiger partial charge is 0.385 e. The summed E-state index contributed by atoms with van der Waals surface area (Å²) >= 11 is 0. The van der Waals surface area contributed by atoms with E-state index < -0.39 is 65.2 Å². The van der Waals surface area contributed by atoms with E-state index in [1.165, 1.54) is 13.0 Å². The molecule has 0 aliphatic rings. The average Bonchev–Trinajstić information content (AvgIpc) is 2.71. The summed E-state index contributed by atoms with van der Waals surface area (Å²) in [6.07, 6.45) is -10.9. The third-order valence-electron chi connectivity index (χ3n) is 5.33. The number of halogens is 17. The van der Waals surface area contributed by atoms with Crippen LogP contribution in [0.15, 0.2) is 24.3 Å². The first kappa shape index (κ1) is 33.0. The summed E-state index contributed by atoms with van der Waals surface area (Å²) < 4.78 is 227. The largest absolute Gasteiger partial charge is 0.460 e. The summed E-state index contributed by atoms with van der Waals surface area (Å²) in [5.41, 5.74) is -4.05. The van der Waals surface area contributed by atoms with Crippen LogP contribution in [0.5, 0.6) is 0 Å². The van der Waals surface area contributed by atoms with E-state index in [1.54, 1.807) is 0 Å². The summed E-state index contributed by atoms with van der Waals surface area (Å²) in [5, 5.41) is 10.2. The van der Waals surface area contributed by atoms with Crippen molar-refractivity contribution in [2.24, 2.45) is 0 Å². The molecule has 0 spiro atoms. The van der Waals surface area contributed by atoms with Crippen LogP contribution in [0.2, 0.25) is 0 Å². The van der Waals surface area contributed by atoms with Crippen LogP contribution in [0.3, 0.4) is 0 Å². The second-order valence-electron chi connectivity index (χ2n) is 8.11. The van der Waals surface area contributed by atoms with Crippen LogP contribution >= 0.6 is 0 Å². The van der Waals surface area contributed by atoms with Gasteiger partial charge in [0.05, 0.1) is 12.0 Å². The molecule has 18 heteroatoms. The van der Waals surface area contributed by atoms with Gasteiger partial charge in [-0.1, -0.05) is 31.2 Å². The monoisotopic (exact) mass is 582 g/mol. The third kappa shape index (κ3) is 4.70. The molecule has 1 unspecified atom stereocenters. The highest BCUT2D eigenvalue weighted by Crippen LogP contribution is 2.64. The van der Waals surface area contributed by atoms with Crippen molar-refractivity contribution in [2.75, 3.05) is 0 Å². The summed E-state index contributed by atoms with van der Waals surface area (Å²) in [6, 6.07) is 4.17. The molecule has 216 valence electrons. The van der Waals surface area contributed by atoms with Crippen LogP contribution in [0, 0.1) is 0 Å². The Morgan fingerprint density at radius 2 is 0.919 bits per heavy atom. The molecule has 0 aromatic heterocycles. The molecule has 1 atom stereocenters. The molecule has 1 aromatic carbocycles. The van der Waals surface area contributed by atoms with Gasteiger partial charge in [-0.25, -0.2) is 0 Å². The molecular formula is C19H15F17O. The summed E-state index contributed by atoms with van der Waals surface area (Å²) in [5.74, 6) is -57.0. The number of rotatable bonds is 10. The highest BCUT2D eigenvalue weighted by molar-refractivity contribution is 5.32. The van der Waals surface area contributed by atoms with Crippen molar-refractivity contribution in [3.63, 3.8) is 0 Å². The molecule has 0 aliphatic carbocycles. The molecule has 0 saturated carbocycles. The second-order valence-corrected chi connectivity index (χ2v) is 8.11. The van der Waals surface area contributed by atoms with Gasteiger partial charge in [0.2, 0.25) is 0 Å². The van der Waals surface area contributed by atoms with Crippen molar-refractivity contribution in [1.29, 1.82) is 0 Å². The molecule has 0 heterocycles. The predicted molar refractivity (Wildman–Crippen MR) is 90.7 cm³/mol. The first-order valence-electron chi connectivity index (χ1n) is 9.53. The normalized spacial score (nSPS) is 17.1. The van der Waals surface area contributed by atoms with Crippen molar-refractivity contribution in [3.05, 3.63) is 35.4 Å². The first-order chi connectivity index (χ1) is 16.0. The van der Waals surface area contributed by atoms with Crippen LogP contribution in [0.25, 0.3) is 0 Å². The van der Waals surface area contributed by atoms with E-state index in [0.717, 1.165) is 18.2 Å². The Balaban J connectivity index is 3.65. The standard InChI is InChI=1S/C19H15F17O/c1-3-9-6-4-5-7-10(9)11(2,37)8-12(20,21)13(22,23)14(24,25)15(26,27)16(28,29)17(30,31)18(32,33)19(34,35)36/h4-7,37H,3,8H2,1-2H3. The third-order valence-corrected chi connectivity index (χ3v) is 5.33. The molecule has 1 rings (SSSR count). The number of hydrogen-bond acceptors (Lipinski definition) is 1. The fraction of sp³-hybridized carbons (Fsp3) is 0.684. The number of aryl methyl sites for hydroxylation is 1. The van der Waals surface area contributed by atoms with E-state index in [4.69, 9.17) is 0 Å². The Morgan fingerprint density at radius 1 is 0.568 bits per heavy atom. The zero-order valence-electron chi connectivity index (χ0n) is 18.1. The summed E-state index contributed by atoms with van der Waals surface area (Å²) in [4.78, 5) is 0. The Kier molecular flexibility index (Phi) is 8.06. The Labute approximate surface area is 196 Å². The zero-order valence-corrected chi connectivity index (χ0v) is 18.1. The van der Waals surface area contributed by atoms with Gasteiger partial charge in [0.1, 0.15) is 0 Å². The maximum absolute atomic E-state index is 14.3. The quantitative estimate of drug-likeness (QED) is 0.279. The Bertz CT molecular complexity index is 962. The van der Waals surface area contributed by atoms with E-state index in [1.807, 2.05) is 0 Å². The van der Waals surface area contributed by atoms with E-state index in [9.17, 15) is 79.7 Å². The SMILES string of the molecule is CCc1ccccc1C(C)(O)CC(F)(F)C(F)(F)C(F)(F)C(F)(F)C(F)(F)C(F)(F)C(F)(F)C(F)(F)F. The van der Waals surface area contributed by atoms with Crippen LogP contribution < -0.4 is 0 Å². The van der Waals surface area contributed by atoms with E-state index in [-0.39, 0.29) is 18.9 Å². The number of alkyl halides is 17. The number of hydrogen-bond donors (Lipinski definition) is 1. The van der Waals surface area contributed by atoms with Crippen LogP contribution in [0.4, 0.5) is 74.6 Å². The topological polar surface area (TPSA) is 20.2 Å². The van der Waals surface area contributed by atoms with Gasteiger partial charge in [0.25, 0.3) is 0 Å². The zero-order chi connectivity index (χ0) is 29.9. The molecule has 0 fully saturated rings. The maximum atomic E-state index is 14.3. The van der Waals surface area contributed by atoms with Gasteiger partial charge in [-0.15, -0.1) is 0 Å². The Morgan fingerprint density at radius 3 is 1.30 bits per heavy atom. The molecule has 0 radical (unpaired) electrons. The maximum Gasteiger partial charge on any atom is 0.460 e. The summed E-state index contributed by atoms with van der Waals surface area (Å²) in [6.45, 7) is 1.61. The minimum Gasteiger partial charge on any atom is -0.385 e. The molecule has 0 saturated heterocycles. The fourth-order valence-corrected chi connectivity index (χ4v) is 3.19. The van der Waals surface area contributed by atoms with Crippen LogP contribution in [-0.2, 0) is 12.0 Å². The lowest BCUT2D eigenvalue weighted by Gasteiger charge is -2.43. The van der Waals surface area contributed by atoms with Crippen molar-refractivity contribution in [1.82, 2.24) is 0 Å². The highest BCUT2D eigenvalue weighted by atomic mass is 19.4. The van der Waals surface area contributed by atoms with Gasteiger partial charge >= 0.3 is 47.6 Å². The van der Waals surface area contributed by atoms with Gasteiger partial charge < -0.3 is 5.11 Å². The van der Waals surface area contributed by atoms with E-state index in [0.29, 0.717) is 0 Å². The van der Waals surface area contributed by atoms with Crippen molar-refractivity contribution >= 4 is 0 Å². The van der Waals surface area contributed by atoms with E-state index in [2.05, 4.69) is 0 Å². The van der Waals surface area contributed by atoms with Crippen molar-refractivity contribution < 1.29 is 79.7 Å². The van der Waals surface area contributed by atoms with Gasteiger partial charge in [-0.2, -0.15) is 74.6 Å². The van der Waals surface area contributed by atoms with Gasteiger partial charge in [0, 0.05) is 0 Å². The van der Waals surface area contributed by atoms with Crippen LogP contribution in [-0.4, -0.2) is 52.7 Å². The first-order valence-corrected chi connectivity index (χ1v) is 9.53. The lowest BCUT2D eigenvalue weighted by molar-refractivity contribution is -0.462.